The molecule has 2 rings (SSSR count). The Morgan fingerprint density at radius 3 is 2.42 bits per heavy atom. The van der Waals surface area contributed by atoms with Gasteiger partial charge in [-0.25, -0.2) is 24.8 Å². The lowest BCUT2D eigenvalue weighted by molar-refractivity contribution is -0.163. The van der Waals surface area contributed by atoms with Gasteiger partial charge in [0, 0.05) is 0 Å². The van der Waals surface area contributed by atoms with Crippen molar-refractivity contribution in [3.8, 4) is 0 Å². The van der Waals surface area contributed by atoms with E-state index in [4.69, 9.17) is 24.5 Å². The molecular formula is C26H45N6O7P. The summed E-state index contributed by atoms with van der Waals surface area (Å²) in [6.45, 7) is 13.8. The number of nitrogens with two attached hydrogens (primary N) is 1. The van der Waals surface area contributed by atoms with Gasteiger partial charge in [0.05, 0.1) is 31.7 Å². The van der Waals surface area contributed by atoms with Gasteiger partial charge in [0.25, 0.3) is 7.52 Å². The third-order valence-corrected chi connectivity index (χ3v) is 7.95. The highest BCUT2D eigenvalue weighted by molar-refractivity contribution is 7.56. The summed E-state index contributed by atoms with van der Waals surface area (Å²) >= 11 is 0. The van der Waals surface area contributed by atoms with Crippen molar-refractivity contribution >= 4 is 36.4 Å². The van der Waals surface area contributed by atoms with Crippen LogP contribution in [0.1, 0.15) is 81.1 Å². The van der Waals surface area contributed by atoms with Crippen molar-refractivity contribution in [2.75, 3.05) is 18.7 Å². The molecule has 13 nitrogen and oxygen atoms in total. The first kappa shape index (κ1) is 33.6. The number of esters is 2. The number of hydrogen-bond donors (Lipinski definition) is 2. The Hall–Kier alpha value is -2.60. The first-order valence-electron chi connectivity index (χ1n) is 13.6. The number of rotatable bonds is 17. The smallest absolute Gasteiger partial charge is 0.338 e. The molecule has 2 aromatic rings. The molecule has 0 radical (unpaired) electrons. The SMILES string of the molecule is CCCCCCOC(=O)C(C)(C)NP(=O)(COC(C)Cn1cnc2c(N)ncnc21)OC(C)(C)C(=O)OC(C)C. The molecule has 0 aliphatic heterocycles. The molecule has 0 fully saturated rings. The molecule has 14 heteroatoms. The van der Waals surface area contributed by atoms with E-state index in [0.29, 0.717) is 17.7 Å². The van der Waals surface area contributed by atoms with Crippen LogP contribution in [0.4, 0.5) is 5.82 Å². The summed E-state index contributed by atoms with van der Waals surface area (Å²) in [5, 5.41) is 2.81. The van der Waals surface area contributed by atoms with E-state index in [0.717, 1.165) is 25.7 Å². The van der Waals surface area contributed by atoms with E-state index in [-0.39, 0.29) is 12.4 Å². The Balaban J connectivity index is 2.18. The molecule has 3 N–H and O–H groups in total. The zero-order valence-electron chi connectivity index (χ0n) is 24.9. The van der Waals surface area contributed by atoms with Crippen molar-refractivity contribution in [3.05, 3.63) is 12.7 Å². The summed E-state index contributed by atoms with van der Waals surface area (Å²) in [6, 6.07) is 0. The highest BCUT2D eigenvalue weighted by Crippen LogP contribution is 2.49. The average molecular weight is 585 g/mol. The molecule has 0 saturated carbocycles. The number of anilines is 1. The van der Waals surface area contributed by atoms with Crippen LogP contribution >= 0.6 is 7.52 Å². The summed E-state index contributed by atoms with van der Waals surface area (Å²) in [6.07, 6.45) is 5.37. The van der Waals surface area contributed by atoms with Gasteiger partial charge in [-0.15, -0.1) is 0 Å². The summed E-state index contributed by atoms with van der Waals surface area (Å²) < 4.78 is 38.5. The molecule has 0 bridgehead atoms. The molecule has 2 unspecified atom stereocenters. The summed E-state index contributed by atoms with van der Waals surface area (Å²) in [5.41, 5.74) is 3.86. The molecular weight excluding hydrogens is 539 g/mol. The third-order valence-electron chi connectivity index (χ3n) is 5.81. The topological polar surface area (TPSA) is 170 Å². The van der Waals surface area contributed by atoms with Crippen LogP contribution in [0.15, 0.2) is 12.7 Å². The summed E-state index contributed by atoms with van der Waals surface area (Å²) in [5.74, 6) is -1.03. The summed E-state index contributed by atoms with van der Waals surface area (Å²) in [4.78, 5) is 38.0. The number of nitrogen functional groups attached to an aromatic ring is 1. The van der Waals surface area contributed by atoms with Crippen molar-refractivity contribution < 1.29 is 32.9 Å². The van der Waals surface area contributed by atoms with Gasteiger partial charge in [-0.3, -0.25) is 13.9 Å². The lowest BCUT2D eigenvalue weighted by Gasteiger charge is -2.34. The number of unbranched alkanes of at least 4 members (excludes halogenated alkanes) is 3. The lowest BCUT2D eigenvalue weighted by atomic mass is 10.1. The molecule has 0 aliphatic rings. The number of aromatic nitrogens is 4. The van der Waals surface area contributed by atoms with Crippen molar-refractivity contribution in [2.24, 2.45) is 0 Å². The predicted molar refractivity (Wildman–Crippen MR) is 151 cm³/mol. The normalized spacial score (nSPS) is 14.7. The fourth-order valence-electron chi connectivity index (χ4n) is 3.78. The van der Waals surface area contributed by atoms with Crippen LogP contribution in [0.3, 0.4) is 0 Å². The number of carbonyl (C=O) groups is 2. The van der Waals surface area contributed by atoms with E-state index in [9.17, 15) is 14.2 Å². The number of imidazole rings is 1. The average Bonchev–Trinajstić information content (AvgIpc) is 3.25. The van der Waals surface area contributed by atoms with Gasteiger partial charge < -0.3 is 24.5 Å². The Labute approximate surface area is 236 Å². The van der Waals surface area contributed by atoms with Crippen LogP contribution in [-0.2, 0) is 39.4 Å². The summed E-state index contributed by atoms with van der Waals surface area (Å²) in [7, 11) is -4.01. The standard InChI is InChI=1S/C26H45N6O7P/c1-9-10-11-12-13-36-23(33)25(5,6)31-40(35,39-26(7,8)24(34)38-18(2)3)17-37-19(4)14-32-16-30-20-21(27)28-15-29-22(20)32/h15-16,18-19H,9-14,17H2,1-8H3,(H,31,35)(H2,27,28,29). The van der Waals surface area contributed by atoms with Gasteiger partial charge in [-0.1, -0.05) is 26.2 Å². The predicted octanol–water partition coefficient (Wildman–Crippen LogP) is 4.20. The fourth-order valence-corrected chi connectivity index (χ4v) is 6.14. The molecule has 0 saturated heterocycles. The van der Waals surface area contributed by atoms with Gasteiger partial charge in [0.15, 0.2) is 17.1 Å². The molecule has 40 heavy (non-hydrogen) atoms. The monoisotopic (exact) mass is 584 g/mol. The van der Waals surface area contributed by atoms with Gasteiger partial charge >= 0.3 is 11.9 Å². The molecule has 2 heterocycles. The van der Waals surface area contributed by atoms with E-state index in [1.54, 1.807) is 45.5 Å². The number of nitrogens with one attached hydrogen (secondary N) is 1. The van der Waals surface area contributed by atoms with Gasteiger partial charge in [0.2, 0.25) is 0 Å². The van der Waals surface area contributed by atoms with Crippen molar-refractivity contribution in [1.82, 2.24) is 24.6 Å². The highest BCUT2D eigenvalue weighted by Gasteiger charge is 2.44. The minimum atomic E-state index is -4.01. The number of ether oxygens (including phenoxy) is 3. The number of fused-ring (bicyclic) bond motifs is 1. The molecule has 0 amide bonds. The van der Waals surface area contributed by atoms with Gasteiger partial charge in [-0.2, -0.15) is 0 Å². The first-order valence-corrected chi connectivity index (χ1v) is 15.4. The maximum atomic E-state index is 14.2. The Bertz CT molecular complexity index is 1180. The first-order chi connectivity index (χ1) is 18.6. The molecule has 2 aromatic heterocycles. The zero-order valence-corrected chi connectivity index (χ0v) is 25.8. The third kappa shape index (κ3) is 9.79. The Morgan fingerprint density at radius 1 is 1.07 bits per heavy atom. The maximum absolute atomic E-state index is 14.2. The Kier molecular flexibility index (Phi) is 12.0. The lowest BCUT2D eigenvalue weighted by Crippen LogP contribution is -2.49. The van der Waals surface area contributed by atoms with Crippen LogP contribution in [0.25, 0.3) is 11.2 Å². The fraction of sp³-hybridized carbons (Fsp3) is 0.731. The molecule has 0 spiro atoms. The second-order valence-electron chi connectivity index (χ2n) is 11.1. The quantitative estimate of drug-likeness (QED) is 0.155. The second kappa shape index (κ2) is 14.3. The minimum Gasteiger partial charge on any atom is -0.464 e. The number of hydrogen-bond acceptors (Lipinski definition) is 11. The van der Waals surface area contributed by atoms with Crippen LogP contribution in [-0.4, -0.2) is 67.8 Å². The molecule has 226 valence electrons. The van der Waals surface area contributed by atoms with Gasteiger partial charge in [-0.05, 0) is 54.9 Å². The van der Waals surface area contributed by atoms with Crippen molar-refractivity contribution in [3.63, 3.8) is 0 Å². The number of nitrogens with zero attached hydrogens (tertiary/aromatic N) is 4. The van der Waals surface area contributed by atoms with E-state index in [1.165, 1.54) is 20.2 Å². The zero-order chi connectivity index (χ0) is 30.1. The van der Waals surface area contributed by atoms with Crippen LogP contribution in [0, 0.1) is 0 Å². The van der Waals surface area contributed by atoms with Crippen LogP contribution in [0.2, 0.25) is 0 Å². The van der Waals surface area contributed by atoms with Crippen molar-refractivity contribution in [2.45, 2.75) is 111 Å². The van der Waals surface area contributed by atoms with E-state index >= 15 is 0 Å². The van der Waals surface area contributed by atoms with E-state index in [1.807, 2.05) is 0 Å². The Morgan fingerprint density at radius 2 is 1.77 bits per heavy atom. The van der Waals surface area contributed by atoms with Crippen LogP contribution < -0.4 is 10.8 Å². The maximum Gasteiger partial charge on any atom is 0.338 e. The van der Waals surface area contributed by atoms with E-state index < -0.39 is 49.2 Å². The van der Waals surface area contributed by atoms with Crippen LogP contribution in [0.5, 0.6) is 0 Å². The minimum absolute atomic E-state index is 0.252. The number of carbonyl (C=O) groups excluding carboxylic acids is 2. The largest absolute Gasteiger partial charge is 0.464 e. The molecule has 0 aliphatic carbocycles. The van der Waals surface area contributed by atoms with Crippen molar-refractivity contribution in [1.29, 1.82) is 0 Å². The van der Waals surface area contributed by atoms with Gasteiger partial charge in [0.1, 0.15) is 23.7 Å². The molecule has 0 aromatic carbocycles. The highest BCUT2D eigenvalue weighted by atomic mass is 31.2. The molecule has 2 atom stereocenters. The van der Waals surface area contributed by atoms with E-state index in [2.05, 4.69) is 27.0 Å². The second-order valence-corrected chi connectivity index (χ2v) is 13.1.